The van der Waals surface area contributed by atoms with Crippen molar-refractivity contribution in [3.63, 3.8) is 0 Å². The van der Waals surface area contributed by atoms with Gasteiger partial charge in [-0.25, -0.2) is 4.79 Å². The second-order valence-corrected chi connectivity index (χ2v) is 5.05. The Kier molecular flexibility index (Phi) is 7.50. The van der Waals surface area contributed by atoms with Crippen LogP contribution in [0.15, 0.2) is 0 Å². The van der Waals surface area contributed by atoms with E-state index in [-0.39, 0.29) is 6.61 Å². The molecule has 1 fully saturated rings. The molecule has 0 aromatic heterocycles. The predicted molar refractivity (Wildman–Crippen MR) is 70.2 cm³/mol. The maximum Gasteiger partial charge on any atom is 0.334 e. The lowest BCUT2D eigenvalue weighted by Crippen LogP contribution is -2.59. The van der Waals surface area contributed by atoms with Gasteiger partial charge in [-0.3, -0.25) is 0 Å². The maximum atomic E-state index is 11.2. The zero-order valence-corrected chi connectivity index (χ0v) is 12.2. The fraction of sp³-hybridized carbons (Fsp3) is 0.923. The van der Waals surface area contributed by atoms with Crippen LogP contribution in [0.4, 0.5) is 0 Å². The number of ether oxygens (including phenoxy) is 3. The van der Waals surface area contributed by atoms with Gasteiger partial charge in [0.25, 0.3) is 0 Å². The number of carbonyl (C=O) groups is 1. The minimum Gasteiger partial charge on any atom is -0.461 e. The molecule has 0 spiro atoms. The molecule has 1 heterocycles. The van der Waals surface area contributed by atoms with Gasteiger partial charge in [-0.1, -0.05) is 13.3 Å². The lowest BCUT2D eigenvalue weighted by molar-refractivity contribution is -0.302. The van der Waals surface area contributed by atoms with Gasteiger partial charge in [0.15, 0.2) is 6.29 Å². The molecule has 0 saturated carbocycles. The number of aliphatic hydroxyl groups excluding tert-OH is 4. The van der Waals surface area contributed by atoms with E-state index >= 15 is 0 Å². The van der Waals surface area contributed by atoms with Crippen molar-refractivity contribution in [2.45, 2.75) is 63.5 Å². The topological polar surface area (TPSA) is 126 Å². The van der Waals surface area contributed by atoms with Crippen LogP contribution in [0.1, 0.15) is 26.7 Å². The van der Waals surface area contributed by atoms with Crippen LogP contribution >= 0.6 is 0 Å². The molecule has 6 atom stereocenters. The highest BCUT2D eigenvalue weighted by Crippen LogP contribution is 2.22. The molecule has 21 heavy (non-hydrogen) atoms. The van der Waals surface area contributed by atoms with Crippen LogP contribution in [0.25, 0.3) is 0 Å². The Morgan fingerprint density at radius 3 is 2.48 bits per heavy atom. The van der Waals surface area contributed by atoms with Crippen molar-refractivity contribution in [3.05, 3.63) is 0 Å². The lowest BCUT2D eigenvalue weighted by atomic mass is 9.99. The summed E-state index contributed by atoms with van der Waals surface area (Å²) in [6.07, 6.45) is -6.08. The molecule has 8 heteroatoms. The quantitative estimate of drug-likeness (QED) is 0.332. The molecule has 124 valence electrons. The van der Waals surface area contributed by atoms with Crippen molar-refractivity contribution < 1.29 is 39.4 Å². The zero-order valence-electron chi connectivity index (χ0n) is 12.2. The average Bonchev–Trinajstić information content (AvgIpc) is 2.45. The third-order valence-electron chi connectivity index (χ3n) is 3.18. The number of unbranched alkanes of at least 4 members (excludes halogenated alkanes) is 1. The molecule has 0 radical (unpaired) electrons. The summed E-state index contributed by atoms with van der Waals surface area (Å²) < 4.78 is 15.4. The van der Waals surface area contributed by atoms with Crippen LogP contribution in [0.3, 0.4) is 0 Å². The van der Waals surface area contributed by atoms with Crippen molar-refractivity contribution in [3.8, 4) is 0 Å². The van der Waals surface area contributed by atoms with Crippen LogP contribution in [-0.2, 0) is 19.0 Å². The summed E-state index contributed by atoms with van der Waals surface area (Å²) in [6.45, 7) is 3.19. The number of rotatable bonds is 7. The summed E-state index contributed by atoms with van der Waals surface area (Å²) in [4.78, 5) is 11.2. The highest BCUT2D eigenvalue weighted by atomic mass is 16.7. The molecule has 0 aliphatic carbocycles. The van der Waals surface area contributed by atoms with Crippen molar-refractivity contribution >= 4 is 5.97 Å². The Morgan fingerprint density at radius 2 is 1.90 bits per heavy atom. The third kappa shape index (κ3) is 5.17. The molecule has 1 rings (SSSR count). The normalized spacial score (nSPS) is 34.5. The molecule has 4 N–H and O–H groups in total. The summed E-state index contributed by atoms with van der Waals surface area (Å²) in [5.41, 5.74) is 0. The van der Waals surface area contributed by atoms with E-state index < -0.39 is 42.8 Å². The standard InChI is InChI=1S/C13H24O8/c1-3-4-5-19-13-11(17)10(16)9(15)8(21-13)6-20-12(18)7(2)14/h7-11,13-17H,3-6H2,1-2H3/t7?,8-,9-,10+,11-,13+/m1/s1. The molecule has 1 saturated heterocycles. The van der Waals surface area contributed by atoms with E-state index in [9.17, 15) is 20.1 Å². The molecule has 0 amide bonds. The van der Waals surface area contributed by atoms with E-state index in [0.717, 1.165) is 12.8 Å². The first-order valence-electron chi connectivity index (χ1n) is 7.04. The maximum absolute atomic E-state index is 11.2. The average molecular weight is 308 g/mol. The molecular formula is C13H24O8. The first-order valence-corrected chi connectivity index (χ1v) is 7.04. The smallest absolute Gasteiger partial charge is 0.334 e. The van der Waals surface area contributed by atoms with Crippen molar-refractivity contribution in [1.29, 1.82) is 0 Å². The third-order valence-corrected chi connectivity index (χ3v) is 3.18. The first kappa shape index (κ1) is 18.3. The lowest BCUT2D eigenvalue weighted by Gasteiger charge is -2.40. The number of hydrogen-bond donors (Lipinski definition) is 4. The van der Waals surface area contributed by atoms with Crippen molar-refractivity contribution in [2.75, 3.05) is 13.2 Å². The van der Waals surface area contributed by atoms with E-state index in [4.69, 9.17) is 19.3 Å². The van der Waals surface area contributed by atoms with Gasteiger partial charge in [0.2, 0.25) is 0 Å². The highest BCUT2D eigenvalue weighted by molar-refractivity contribution is 5.73. The molecule has 1 aliphatic heterocycles. The number of esters is 1. The van der Waals surface area contributed by atoms with Gasteiger partial charge in [0.1, 0.15) is 37.1 Å². The number of hydrogen-bond acceptors (Lipinski definition) is 8. The van der Waals surface area contributed by atoms with E-state index in [1.54, 1.807) is 0 Å². The molecule has 0 aromatic rings. The predicted octanol–water partition coefficient (Wildman–Crippen LogP) is -1.47. The van der Waals surface area contributed by atoms with E-state index in [2.05, 4.69) is 0 Å². The molecule has 1 unspecified atom stereocenters. The Hall–Kier alpha value is -0.770. The molecule has 1 aliphatic rings. The summed E-state index contributed by atoms with van der Waals surface area (Å²) in [6, 6.07) is 0. The Labute approximate surface area is 123 Å². The first-order chi connectivity index (χ1) is 9.88. The van der Waals surface area contributed by atoms with Crippen LogP contribution in [0.5, 0.6) is 0 Å². The number of aliphatic hydroxyl groups is 4. The van der Waals surface area contributed by atoms with Gasteiger partial charge < -0.3 is 34.6 Å². The SMILES string of the molecule is CCCCO[C@H]1O[C@H](COC(=O)C(C)O)[C@@H](O)[C@H](O)[C@H]1O. The fourth-order valence-electron chi connectivity index (χ4n) is 1.82. The fourth-order valence-corrected chi connectivity index (χ4v) is 1.82. The number of carbonyl (C=O) groups excluding carboxylic acids is 1. The van der Waals surface area contributed by atoms with E-state index in [0.29, 0.717) is 6.61 Å². The minimum absolute atomic E-state index is 0.335. The minimum atomic E-state index is -1.47. The van der Waals surface area contributed by atoms with Gasteiger partial charge in [0, 0.05) is 6.61 Å². The van der Waals surface area contributed by atoms with Crippen molar-refractivity contribution in [1.82, 2.24) is 0 Å². The van der Waals surface area contributed by atoms with Crippen LogP contribution < -0.4 is 0 Å². The monoisotopic (exact) mass is 308 g/mol. The second-order valence-electron chi connectivity index (χ2n) is 5.05. The zero-order chi connectivity index (χ0) is 16.0. The highest BCUT2D eigenvalue weighted by Gasteiger charge is 2.44. The van der Waals surface area contributed by atoms with Gasteiger partial charge >= 0.3 is 5.97 Å². The Balaban J connectivity index is 2.55. The van der Waals surface area contributed by atoms with Gasteiger partial charge in [-0.05, 0) is 13.3 Å². The molecule has 0 bridgehead atoms. The summed E-state index contributed by atoms with van der Waals surface area (Å²) in [5, 5.41) is 38.4. The largest absolute Gasteiger partial charge is 0.461 e. The summed E-state index contributed by atoms with van der Waals surface area (Å²) in [5.74, 6) is -0.866. The Morgan fingerprint density at radius 1 is 1.24 bits per heavy atom. The molecule has 8 nitrogen and oxygen atoms in total. The van der Waals surface area contributed by atoms with Gasteiger partial charge in [-0.2, -0.15) is 0 Å². The second kappa shape index (κ2) is 8.62. The Bertz CT molecular complexity index is 321. The summed E-state index contributed by atoms with van der Waals surface area (Å²) in [7, 11) is 0. The molecular weight excluding hydrogens is 284 g/mol. The summed E-state index contributed by atoms with van der Waals surface area (Å²) >= 11 is 0. The van der Waals surface area contributed by atoms with Gasteiger partial charge in [0.05, 0.1) is 0 Å². The van der Waals surface area contributed by atoms with Crippen molar-refractivity contribution in [2.24, 2.45) is 0 Å². The van der Waals surface area contributed by atoms with Crippen LogP contribution in [-0.4, -0.2) is 76.4 Å². The van der Waals surface area contributed by atoms with E-state index in [1.165, 1.54) is 6.92 Å². The van der Waals surface area contributed by atoms with Crippen LogP contribution in [0.2, 0.25) is 0 Å². The van der Waals surface area contributed by atoms with E-state index in [1.807, 2.05) is 6.92 Å². The van der Waals surface area contributed by atoms with Gasteiger partial charge in [-0.15, -0.1) is 0 Å². The molecule has 0 aromatic carbocycles. The van der Waals surface area contributed by atoms with Crippen LogP contribution in [0, 0.1) is 0 Å².